The number of nitrogens with zero attached hydrogens (tertiary/aromatic N) is 4. The number of fused-ring (bicyclic) bond motifs is 1. The van der Waals surface area contributed by atoms with Crippen LogP contribution in [-0.4, -0.2) is 56.2 Å². The van der Waals surface area contributed by atoms with E-state index in [0.29, 0.717) is 23.8 Å². The SMILES string of the molecule is CC(=O)N1CC(=O)N(C2CCC2)CC1C.Cc1nc2c(C(F)(F)F)cc(C3CC3)cn2c1Cl. The van der Waals surface area contributed by atoms with Crippen molar-refractivity contribution in [1.29, 1.82) is 0 Å². The first-order valence-electron chi connectivity index (χ1n) is 11.3. The molecule has 1 aliphatic heterocycles. The second kappa shape index (κ2) is 8.81. The van der Waals surface area contributed by atoms with Gasteiger partial charge in [0.25, 0.3) is 0 Å². The van der Waals surface area contributed by atoms with E-state index in [9.17, 15) is 22.8 Å². The van der Waals surface area contributed by atoms with Gasteiger partial charge in [-0.1, -0.05) is 11.6 Å². The van der Waals surface area contributed by atoms with Crippen molar-refractivity contribution < 1.29 is 22.8 Å². The molecule has 1 atom stereocenters. The van der Waals surface area contributed by atoms with Crippen LogP contribution >= 0.6 is 11.6 Å². The van der Waals surface area contributed by atoms with Crippen LogP contribution in [0.15, 0.2) is 12.3 Å². The molecule has 6 nitrogen and oxygen atoms in total. The van der Waals surface area contributed by atoms with E-state index < -0.39 is 11.7 Å². The number of halogens is 4. The quantitative estimate of drug-likeness (QED) is 0.614. The topological polar surface area (TPSA) is 57.9 Å². The summed E-state index contributed by atoms with van der Waals surface area (Å²) in [4.78, 5) is 30.6. The van der Waals surface area contributed by atoms with Crippen LogP contribution in [0.5, 0.6) is 0 Å². The van der Waals surface area contributed by atoms with Crippen molar-refractivity contribution in [2.24, 2.45) is 0 Å². The number of piperazine rings is 1. The Morgan fingerprint density at radius 3 is 2.39 bits per heavy atom. The number of carbonyl (C=O) groups excluding carboxylic acids is 2. The van der Waals surface area contributed by atoms with E-state index in [2.05, 4.69) is 4.98 Å². The smallest absolute Gasteiger partial charge is 0.336 e. The largest absolute Gasteiger partial charge is 0.419 e. The zero-order valence-electron chi connectivity index (χ0n) is 19.0. The highest BCUT2D eigenvalue weighted by Gasteiger charge is 2.38. The summed E-state index contributed by atoms with van der Waals surface area (Å²) in [6, 6.07) is 1.82. The molecule has 2 aliphatic carbocycles. The van der Waals surface area contributed by atoms with Gasteiger partial charge in [0.05, 0.1) is 11.3 Å². The van der Waals surface area contributed by atoms with Gasteiger partial charge in [-0.25, -0.2) is 4.98 Å². The third kappa shape index (κ3) is 4.83. The fraction of sp³-hybridized carbons (Fsp3) is 0.609. The summed E-state index contributed by atoms with van der Waals surface area (Å²) in [6.07, 6.45) is 2.65. The lowest BCUT2D eigenvalue weighted by atomic mass is 9.90. The molecular weight excluding hydrogens is 457 g/mol. The minimum absolute atomic E-state index is 0.00381. The van der Waals surface area contributed by atoms with Crippen molar-refractivity contribution in [2.45, 2.75) is 77.1 Å². The number of amides is 2. The number of aryl methyl sites for hydroxylation is 1. The maximum absolute atomic E-state index is 13.0. The lowest BCUT2D eigenvalue weighted by Gasteiger charge is -2.45. The van der Waals surface area contributed by atoms with Crippen LogP contribution in [0.1, 0.15) is 68.7 Å². The predicted octanol–water partition coefficient (Wildman–Crippen LogP) is 4.81. The van der Waals surface area contributed by atoms with Crippen LogP contribution in [-0.2, 0) is 15.8 Å². The first-order valence-corrected chi connectivity index (χ1v) is 11.7. The Bertz CT molecular complexity index is 1080. The Balaban J connectivity index is 0.000000160. The van der Waals surface area contributed by atoms with Crippen LogP contribution in [0.25, 0.3) is 5.65 Å². The Hall–Kier alpha value is -2.29. The maximum Gasteiger partial charge on any atom is 0.419 e. The normalized spacial score (nSPS) is 21.7. The van der Waals surface area contributed by atoms with Crippen LogP contribution in [0.3, 0.4) is 0 Å². The molecule has 0 aromatic carbocycles. The number of aromatic nitrogens is 2. The first-order chi connectivity index (χ1) is 15.5. The molecule has 0 radical (unpaired) electrons. The van der Waals surface area contributed by atoms with Gasteiger partial charge in [-0.3, -0.25) is 14.0 Å². The zero-order valence-corrected chi connectivity index (χ0v) is 19.7. The van der Waals surface area contributed by atoms with Crippen LogP contribution in [0, 0.1) is 6.92 Å². The molecule has 5 rings (SSSR count). The second-order valence-electron chi connectivity index (χ2n) is 9.27. The third-order valence-electron chi connectivity index (χ3n) is 6.73. The molecule has 10 heteroatoms. The molecule has 3 aliphatic rings. The molecule has 2 aromatic heterocycles. The summed E-state index contributed by atoms with van der Waals surface area (Å²) in [5, 5.41) is 0.248. The Labute approximate surface area is 195 Å². The number of hydrogen-bond donors (Lipinski definition) is 0. The van der Waals surface area contributed by atoms with Crippen LogP contribution < -0.4 is 0 Å². The van der Waals surface area contributed by atoms with E-state index in [1.807, 2.05) is 11.8 Å². The fourth-order valence-corrected chi connectivity index (χ4v) is 4.62. The minimum atomic E-state index is -4.41. The summed E-state index contributed by atoms with van der Waals surface area (Å²) < 4.78 is 40.4. The van der Waals surface area contributed by atoms with Crippen molar-refractivity contribution in [3.8, 4) is 0 Å². The molecule has 2 amide bonds. The summed E-state index contributed by atoms with van der Waals surface area (Å²) in [7, 11) is 0. The predicted molar refractivity (Wildman–Crippen MR) is 118 cm³/mol. The van der Waals surface area contributed by atoms with E-state index in [-0.39, 0.29) is 41.1 Å². The van der Waals surface area contributed by atoms with E-state index in [0.717, 1.165) is 25.7 Å². The molecule has 1 unspecified atom stereocenters. The monoisotopic (exact) mass is 484 g/mol. The van der Waals surface area contributed by atoms with E-state index in [4.69, 9.17) is 11.6 Å². The lowest BCUT2D eigenvalue weighted by molar-refractivity contribution is -0.151. The molecule has 0 spiro atoms. The molecule has 180 valence electrons. The number of rotatable bonds is 2. The average Bonchev–Trinajstić information content (AvgIpc) is 3.49. The van der Waals surface area contributed by atoms with Gasteiger partial charge in [0.2, 0.25) is 11.8 Å². The Morgan fingerprint density at radius 2 is 1.88 bits per heavy atom. The zero-order chi connectivity index (χ0) is 24.1. The molecule has 2 saturated carbocycles. The highest BCUT2D eigenvalue weighted by atomic mass is 35.5. The molecule has 3 fully saturated rings. The van der Waals surface area contributed by atoms with Crippen molar-refractivity contribution in [3.63, 3.8) is 0 Å². The number of alkyl halides is 3. The number of imidazole rings is 1. The van der Waals surface area contributed by atoms with Gasteiger partial charge in [-0.15, -0.1) is 0 Å². The molecule has 33 heavy (non-hydrogen) atoms. The summed E-state index contributed by atoms with van der Waals surface area (Å²) >= 11 is 5.99. The van der Waals surface area contributed by atoms with Crippen molar-refractivity contribution in [1.82, 2.24) is 19.2 Å². The molecule has 2 aromatic rings. The van der Waals surface area contributed by atoms with Gasteiger partial charge in [0.15, 0.2) is 5.65 Å². The van der Waals surface area contributed by atoms with Gasteiger partial charge in [-0.2, -0.15) is 13.2 Å². The summed E-state index contributed by atoms with van der Waals surface area (Å²) in [6.45, 7) is 6.13. The number of pyridine rings is 1. The van der Waals surface area contributed by atoms with Gasteiger partial charge in [0, 0.05) is 31.7 Å². The van der Waals surface area contributed by atoms with Crippen LogP contribution in [0.2, 0.25) is 5.15 Å². The Morgan fingerprint density at radius 1 is 1.21 bits per heavy atom. The van der Waals surface area contributed by atoms with E-state index in [1.54, 1.807) is 18.0 Å². The van der Waals surface area contributed by atoms with E-state index in [1.165, 1.54) is 23.8 Å². The molecular formula is C23H28ClF3N4O2. The maximum atomic E-state index is 13.0. The number of carbonyl (C=O) groups is 2. The van der Waals surface area contributed by atoms with Gasteiger partial charge in [0.1, 0.15) is 11.7 Å². The minimum Gasteiger partial charge on any atom is -0.336 e. The molecule has 0 N–H and O–H groups in total. The van der Waals surface area contributed by atoms with Crippen molar-refractivity contribution in [2.75, 3.05) is 13.1 Å². The summed E-state index contributed by atoms with van der Waals surface area (Å²) in [5.74, 6) is 0.353. The van der Waals surface area contributed by atoms with E-state index >= 15 is 0 Å². The highest BCUT2D eigenvalue weighted by molar-refractivity contribution is 6.30. The lowest BCUT2D eigenvalue weighted by Crippen LogP contribution is -2.60. The third-order valence-corrected chi connectivity index (χ3v) is 7.19. The Kier molecular flexibility index (Phi) is 6.37. The van der Waals surface area contributed by atoms with Crippen molar-refractivity contribution in [3.05, 3.63) is 34.2 Å². The van der Waals surface area contributed by atoms with Gasteiger partial charge >= 0.3 is 6.18 Å². The average molecular weight is 485 g/mol. The molecule has 1 saturated heterocycles. The van der Waals surface area contributed by atoms with Gasteiger partial charge in [-0.05, 0) is 63.5 Å². The number of hydrogen-bond acceptors (Lipinski definition) is 3. The van der Waals surface area contributed by atoms with Crippen LogP contribution in [0.4, 0.5) is 13.2 Å². The van der Waals surface area contributed by atoms with Gasteiger partial charge < -0.3 is 9.80 Å². The molecule has 0 bridgehead atoms. The first kappa shape index (κ1) is 23.9. The summed E-state index contributed by atoms with van der Waals surface area (Å²) in [5.41, 5.74) is 0.278. The molecule has 3 heterocycles. The van der Waals surface area contributed by atoms with Crippen molar-refractivity contribution >= 4 is 29.1 Å². The fourth-order valence-electron chi connectivity index (χ4n) is 4.45. The standard InChI is InChI=1S/C12H10ClF3N2.C11H18N2O2/c1-6-10(13)18-5-8(7-2-3-7)4-9(11(18)17-6)12(14,15)16;1-8-6-13(10-4-3-5-10)11(15)7-12(8)9(2)14/h4-5,7H,2-3H2,1H3;8,10H,3-7H2,1-2H3. The second-order valence-corrected chi connectivity index (χ2v) is 9.63. The highest BCUT2D eigenvalue weighted by Crippen LogP contribution is 2.43.